The van der Waals surface area contributed by atoms with Gasteiger partial charge in [-0.1, -0.05) is 12.8 Å². The van der Waals surface area contributed by atoms with Crippen LogP contribution >= 0.6 is 12.6 Å². The van der Waals surface area contributed by atoms with Crippen molar-refractivity contribution < 1.29 is 4.79 Å². The maximum atomic E-state index is 11.8. The second-order valence-electron chi connectivity index (χ2n) is 4.26. The Morgan fingerprint density at radius 2 is 2.07 bits per heavy atom. The van der Waals surface area contributed by atoms with Crippen LogP contribution in [0.2, 0.25) is 0 Å². The van der Waals surface area contributed by atoms with E-state index in [1.807, 2.05) is 0 Å². The second-order valence-corrected chi connectivity index (χ2v) is 4.80. The Balaban J connectivity index is 1.82. The van der Waals surface area contributed by atoms with E-state index in [9.17, 15) is 4.79 Å². The lowest BCUT2D eigenvalue weighted by Crippen LogP contribution is -2.43. The number of carbonyl (C=O) groups is 1. The van der Waals surface area contributed by atoms with Crippen molar-refractivity contribution in [2.24, 2.45) is 5.73 Å². The highest BCUT2D eigenvalue weighted by atomic mass is 32.1. The van der Waals surface area contributed by atoms with Crippen LogP contribution in [0.25, 0.3) is 0 Å². The highest BCUT2D eigenvalue weighted by Crippen LogP contribution is 2.20. The lowest BCUT2D eigenvalue weighted by Gasteiger charge is -2.20. The first kappa shape index (κ1) is 10.7. The number of nitrogens with one attached hydrogen (secondary N) is 1. The van der Waals surface area contributed by atoms with Crippen LogP contribution in [0.3, 0.4) is 0 Å². The summed E-state index contributed by atoms with van der Waals surface area (Å²) in [5.74, 6) is 0. The van der Waals surface area contributed by atoms with E-state index in [1.54, 1.807) is 4.90 Å². The minimum atomic E-state index is -0.00565. The van der Waals surface area contributed by atoms with E-state index in [0.29, 0.717) is 24.8 Å². The van der Waals surface area contributed by atoms with Gasteiger partial charge in [0.25, 0.3) is 0 Å². The highest BCUT2D eigenvalue weighted by Gasteiger charge is 2.25. The fourth-order valence-electron chi connectivity index (χ4n) is 2.11. The van der Waals surface area contributed by atoms with Gasteiger partial charge in [-0.25, -0.2) is 4.79 Å². The molecule has 0 saturated heterocycles. The Bertz CT molecular complexity index is 283. The van der Waals surface area contributed by atoms with E-state index in [1.165, 1.54) is 12.8 Å². The normalized spacial score (nSPS) is 22.6. The number of carbonyl (C=O) groups excluding carboxylic acids is 1. The molecule has 0 radical (unpaired) electrons. The summed E-state index contributed by atoms with van der Waals surface area (Å²) in [7, 11) is 0. The molecule has 0 bridgehead atoms. The number of thiol groups is 1. The molecule has 0 spiro atoms. The third-order valence-electron chi connectivity index (χ3n) is 3.04. The average molecular weight is 227 g/mol. The first-order valence-corrected chi connectivity index (χ1v) is 5.83. The van der Waals surface area contributed by atoms with Gasteiger partial charge in [-0.3, -0.25) is 0 Å². The van der Waals surface area contributed by atoms with E-state index in [4.69, 9.17) is 5.73 Å². The van der Waals surface area contributed by atoms with Crippen molar-refractivity contribution in [3.05, 3.63) is 10.6 Å². The van der Waals surface area contributed by atoms with Gasteiger partial charge in [-0.2, -0.15) is 0 Å². The van der Waals surface area contributed by atoms with Crippen molar-refractivity contribution in [1.82, 2.24) is 10.2 Å². The van der Waals surface area contributed by atoms with Crippen molar-refractivity contribution in [1.29, 1.82) is 0 Å². The molecule has 3 N–H and O–H groups in total. The van der Waals surface area contributed by atoms with Crippen LogP contribution in [0.1, 0.15) is 25.7 Å². The quantitative estimate of drug-likeness (QED) is 0.587. The molecule has 1 aliphatic carbocycles. The van der Waals surface area contributed by atoms with Gasteiger partial charge < -0.3 is 16.0 Å². The maximum absolute atomic E-state index is 11.8. The van der Waals surface area contributed by atoms with Crippen molar-refractivity contribution in [2.45, 2.75) is 31.7 Å². The molecule has 5 heteroatoms. The van der Waals surface area contributed by atoms with Crippen LogP contribution < -0.4 is 11.1 Å². The third-order valence-corrected chi connectivity index (χ3v) is 3.47. The molecule has 84 valence electrons. The molecule has 1 heterocycles. The highest BCUT2D eigenvalue weighted by molar-refractivity contribution is 7.84. The van der Waals surface area contributed by atoms with Gasteiger partial charge in [0.05, 0.1) is 13.1 Å². The summed E-state index contributed by atoms with van der Waals surface area (Å²) in [4.78, 5) is 14.3. The van der Waals surface area contributed by atoms with Crippen LogP contribution in [0, 0.1) is 0 Å². The fourth-order valence-corrected chi connectivity index (χ4v) is 2.36. The number of amides is 2. The number of hydrogen-bond donors (Lipinski definition) is 3. The molecule has 0 aromatic heterocycles. The second kappa shape index (κ2) is 4.35. The Kier molecular flexibility index (Phi) is 3.09. The molecule has 2 rings (SSSR count). The minimum absolute atomic E-state index is 0.00565. The number of nitrogens with two attached hydrogens (primary N) is 1. The van der Waals surface area contributed by atoms with Crippen molar-refractivity contribution >= 4 is 18.7 Å². The van der Waals surface area contributed by atoms with Crippen molar-refractivity contribution in [3.63, 3.8) is 0 Å². The van der Waals surface area contributed by atoms with Crippen LogP contribution in [0.15, 0.2) is 10.6 Å². The van der Waals surface area contributed by atoms with Gasteiger partial charge in [0.15, 0.2) is 0 Å². The summed E-state index contributed by atoms with van der Waals surface area (Å²) < 4.78 is 0. The first-order chi connectivity index (χ1) is 7.16. The summed E-state index contributed by atoms with van der Waals surface area (Å²) in [5, 5.41) is 3.03. The lowest BCUT2D eigenvalue weighted by molar-refractivity contribution is 0.206. The molecular formula is C10H17N3OS. The number of hydrogen-bond acceptors (Lipinski definition) is 3. The summed E-state index contributed by atoms with van der Waals surface area (Å²) in [6, 6.07) is 0.358. The lowest BCUT2D eigenvalue weighted by atomic mass is 10.2. The van der Waals surface area contributed by atoms with E-state index in [-0.39, 0.29) is 6.03 Å². The van der Waals surface area contributed by atoms with Crippen LogP contribution in [0.5, 0.6) is 0 Å². The Morgan fingerprint density at radius 1 is 1.40 bits per heavy atom. The van der Waals surface area contributed by atoms with Gasteiger partial charge >= 0.3 is 6.03 Å². The Labute approximate surface area is 95.3 Å². The molecule has 15 heavy (non-hydrogen) atoms. The zero-order valence-electron chi connectivity index (χ0n) is 8.70. The monoisotopic (exact) mass is 227 g/mol. The maximum Gasteiger partial charge on any atom is 0.318 e. The van der Waals surface area contributed by atoms with Crippen LogP contribution in [-0.4, -0.2) is 30.1 Å². The fraction of sp³-hybridized carbons (Fsp3) is 0.700. The smallest absolute Gasteiger partial charge is 0.318 e. The predicted octanol–water partition coefficient (Wildman–Crippen LogP) is 1.05. The molecular weight excluding hydrogens is 210 g/mol. The van der Waals surface area contributed by atoms with Gasteiger partial charge in [0, 0.05) is 16.6 Å². The molecule has 2 amide bonds. The summed E-state index contributed by atoms with van der Waals surface area (Å²) in [6.45, 7) is 1.06. The molecule has 0 aromatic rings. The molecule has 1 aliphatic heterocycles. The largest absolute Gasteiger partial charge is 0.400 e. The number of rotatable bonds is 1. The molecule has 0 aromatic carbocycles. The topological polar surface area (TPSA) is 58.4 Å². The Morgan fingerprint density at radius 3 is 2.60 bits per heavy atom. The van der Waals surface area contributed by atoms with E-state index in [0.717, 1.165) is 17.7 Å². The molecule has 4 nitrogen and oxygen atoms in total. The first-order valence-electron chi connectivity index (χ1n) is 5.38. The van der Waals surface area contributed by atoms with Crippen molar-refractivity contribution in [3.8, 4) is 0 Å². The van der Waals surface area contributed by atoms with Crippen LogP contribution in [-0.2, 0) is 0 Å². The summed E-state index contributed by atoms with van der Waals surface area (Å²) in [6.07, 6.45) is 4.67. The predicted molar refractivity (Wildman–Crippen MR) is 62.6 cm³/mol. The summed E-state index contributed by atoms with van der Waals surface area (Å²) >= 11 is 4.22. The van der Waals surface area contributed by atoms with E-state index >= 15 is 0 Å². The third kappa shape index (κ3) is 2.40. The zero-order chi connectivity index (χ0) is 10.8. The number of urea groups is 1. The van der Waals surface area contributed by atoms with E-state index in [2.05, 4.69) is 17.9 Å². The van der Waals surface area contributed by atoms with E-state index < -0.39 is 0 Å². The van der Waals surface area contributed by atoms with Gasteiger partial charge in [-0.05, 0) is 12.8 Å². The van der Waals surface area contributed by atoms with Crippen LogP contribution in [0.4, 0.5) is 4.79 Å². The molecule has 1 fully saturated rings. The summed E-state index contributed by atoms with van der Waals surface area (Å²) in [5.41, 5.74) is 6.40. The molecule has 2 aliphatic rings. The van der Waals surface area contributed by atoms with Gasteiger partial charge in [-0.15, -0.1) is 12.6 Å². The molecule has 0 unspecified atom stereocenters. The van der Waals surface area contributed by atoms with Crippen molar-refractivity contribution in [2.75, 3.05) is 13.1 Å². The standard InChI is InChI=1S/C10H17N3OS/c11-8-5-13(6-9(8)15)10(14)12-7-3-1-2-4-7/h7,15H,1-6,11H2,(H,12,14). The average Bonchev–Trinajstić information content (AvgIpc) is 2.78. The molecule has 1 saturated carbocycles. The molecule has 0 atom stereocenters. The van der Waals surface area contributed by atoms with Gasteiger partial charge in [0.2, 0.25) is 0 Å². The number of nitrogens with zero attached hydrogens (tertiary/aromatic N) is 1. The minimum Gasteiger partial charge on any atom is -0.400 e. The SMILES string of the molecule is NC1=C(S)CN(C(=O)NC2CCCC2)C1. The van der Waals surface area contributed by atoms with Gasteiger partial charge in [0.1, 0.15) is 0 Å². The Hall–Kier alpha value is -0.840. The zero-order valence-corrected chi connectivity index (χ0v) is 9.59.